The molecule has 0 aromatic rings. The van der Waals surface area contributed by atoms with E-state index < -0.39 is 18.4 Å². The van der Waals surface area contributed by atoms with Crippen LogP contribution in [0.1, 0.15) is 6.42 Å². The standard InChI is InChI=1S/C5H8F3NO/c1-9-3-4(10)2-5(6,7)8/h9H,2-3H2,1H3. The predicted octanol–water partition coefficient (Wildman–Crippen LogP) is 0.727. The van der Waals surface area contributed by atoms with E-state index in [0.29, 0.717) is 0 Å². The molecule has 10 heavy (non-hydrogen) atoms. The van der Waals surface area contributed by atoms with Gasteiger partial charge < -0.3 is 5.32 Å². The van der Waals surface area contributed by atoms with Gasteiger partial charge in [0.05, 0.1) is 6.54 Å². The Balaban J connectivity index is 3.58. The number of nitrogens with one attached hydrogen (secondary N) is 1. The highest BCUT2D eigenvalue weighted by Crippen LogP contribution is 2.19. The summed E-state index contributed by atoms with van der Waals surface area (Å²) >= 11 is 0. The molecule has 2 nitrogen and oxygen atoms in total. The number of carbonyl (C=O) groups is 1. The quantitative estimate of drug-likeness (QED) is 0.650. The summed E-state index contributed by atoms with van der Waals surface area (Å²) in [6, 6.07) is 0. The van der Waals surface area contributed by atoms with Crippen LogP contribution in [0.15, 0.2) is 0 Å². The van der Waals surface area contributed by atoms with Crippen LogP contribution in [0, 0.1) is 0 Å². The van der Waals surface area contributed by atoms with Crippen molar-refractivity contribution in [1.29, 1.82) is 0 Å². The minimum absolute atomic E-state index is 0.223. The van der Waals surface area contributed by atoms with Crippen LogP contribution < -0.4 is 5.32 Å². The Bertz CT molecular complexity index is 121. The van der Waals surface area contributed by atoms with Crippen molar-refractivity contribution in [2.24, 2.45) is 0 Å². The molecule has 1 N–H and O–H groups in total. The largest absolute Gasteiger partial charge is 0.395 e. The summed E-state index contributed by atoms with van der Waals surface area (Å²) in [6.07, 6.45) is -5.71. The normalized spacial score (nSPS) is 11.6. The van der Waals surface area contributed by atoms with Gasteiger partial charge in [-0.15, -0.1) is 0 Å². The van der Waals surface area contributed by atoms with Crippen LogP contribution in [0.5, 0.6) is 0 Å². The molecule has 0 amide bonds. The molecule has 5 heteroatoms. The topological polar surface area (TPSA) is 29.1 Å². The lowest BCUT2D eigenvalue weighted by molar-refractivity contribution is -0.151. The van der Waals surface area contributed by atoms with Crippen molar-refractivity contribution in [1.82, 2.24) is 5.32 Å². The van der Waals surface area contributed by atoms with Gasteiger partial charge in [-0.3, -0.25) is 4.79 Å². The molecule has 60 valence electrons. The summed E-state index contributed by atoms with van der Waals surface area (Å²) in [5.74, 6) is -0.838. The number of hydrogen-bond acceptors (Lipinski definition) is 2. The zero-order valence-corrected chi connectivity index (χ0v) is 5.46. The smallest absolute Gasteiger partial charge is 0.313 e. The van der Waals surface area contributed by atoms with Crippen molar-refractivity contribution < 1.29 is 18.0 Å². The molecule has 0 aliphatic carbocycles. The van der Waals surface area contributed by atoms with E-state index in [1.807, 2.05) is 0 Å². The minimum atomic E-state index is -4.37. The Labute approximate surface area is 56.4 Å². The second kappa shape index (κ2) is 3.55. The predicted molar refractivity (Wildman–Crippen MR) is 29.6 cm³/mol. The molecule has 0 heterocycles. The van der Waals surface area contributed by atoms with E-state index in [9.17, 15) is 18.0 Å². The lowest BCUT2D eigenvalue weighted by Crippen LogP contribution is -2.24. The number of Topliss-reactive ketones (excluding diaryl/α,β-unsaturated/α-hetero) is 1. The minimum Gasteiger partial charge on any atom is -0.313 e. The van der Waals surface area contributed by atoms with Gasteiger partial charge in [-0.2, -0.15) is 13.2 Å². The molecule has 0 aliphatic rings. The van der Waals surface area contributed by atoms with Gasteiger partial charge in [0.15, 0.2) is 5.78 Å². The second-order valence-corrected chi connectivity index (χ2v) is 1.86. The lowest BCUT2D eigenvalue weighted by atomic mass is 10.3. The molecule has 0 atom stereocenters. The van der Waals surface area contributed by atoms with E-state index in [0.717, 1.165) is 0 Å². The third-order valence-corrected chi connectivity index (χ3v) is 0.772. The van der Waals surface area contributed by atoms with E-state index in [4.69, 9.17) is 0 Å². The summed E-state index contributed by atoms with van der Waals surface area (Å²) in [5.41, 5.74) is 0. The van der Waals surface area contributed by atoms with E-state index >= 15 is 0 Å². The van der Waals surface area contributed by atoms with Crippen LogP contribution in [0.4, 0.5) is 13.2 Å². The first kappa shape index (κ1) is 9.42. The van der Waals surface area contributed by atoms with Gasteiger partial charge in [-0.05, 0) is 7.05 Å². The molecule has 0 radical (unpaired) electrons. The van der Waals surface area contributed by atoms with Crippen molar-refractivity contribution in [3.05, 3.63) is 0 Å². The second-order valence-electron chi connectivity index (χ2n) is 1.86. The van der Waals surface area contributed by atoms with E-state index in [1.54, 1.807) is 0 Å². The fourth-order valence-corrected chi connectivity index (χ4v) is 0.483. The highest BCUT2D eigenvalue weighted by molar-refractivity contribution is 5.80. The summed E-state index contributed by atoms with van der Waals surface area (Å²) < 4.78 is 34.1. The van der Waals surface area contributed by atoms with Gasteiger partial charge in [-0.25, -0.2) is 0 Å². The van der Waals surface area contributed by atoms with Crippen LogP contribution in [0.3, 0.4) is 0 Å². The molecule has 0 fully saturated rings. The lowest BCUT2D eigenvalue weighted by Gasteiger charge is -2.03. The summed E-state index contributed by atoms with van der Waals surface area (Å²) in [6.45, 7) is -0.223. The van der Waals surface area contributed by atoms with Gasteiger partial charge in [0, 0.05) is 0 Å². The van der Waals surface area contributed by atoms with Crippen molar-refractivity contribution in [3.8, 4) is 0 Å². The van der Waals surface area contributed by atoms with E-state index in [1.165, 1.54) is 7.05 Å². The number of rotatable bonds is 3. The summed E-state index contributed by atoms with van der Waals surface area (Å²) in [5, 5.41) is 2.34. The van der Waals surface area contributed by atoms with Crippen molar-refractivity contribution >= 4 is 5.78 Å². The first-order valence-corrected chi connectivity index (χ1v) is 2.69. The van der Waals surface area contributed by atoms with Crippen LogP contribution >= 0.6 is 0 Å². The number of halogens is 3. The van der Waals surface area contributed by atoms with E-state index in [2.05, 4.69) is 5.32 Å². The molecule has 0 aromatic heterocycles. The molecular formula is C5H8F3NO. The molecule has 0 rings (SSSR count). The van der Waals surface area contributed by atoms with Gasteiger partial charge in [0.2, 0.25) is 0 Å². The Morgan fingerprint density at radius 1 is 1.50 bits per heavy atom. The zero-order chi connectivity index (χ0) is 8.20. The Morgan fingerprint density at radius 3 is 2.30 bits per heavy atom. The fraction of sp³-hybridized carbons (Fsp3) is 0.800. The molecule has 0 saturated carbocycles. The van der Waals surface area contributed by atoms with Crippen molar-refractivity contribution in [2.75, 3.05) is 13.6 Å². The molecule has 0 bridgehead atoms. The van der Waals surface area contributed by atoms with Crippen LogP contribution in [-0.2, 0) is 4.79 Å². The number of alkyl halides is 3. The first-order valence-electron chi connectivity index (χ1n) is 2.69. The molecule has 0 unspecified atom stereocenters. The highest BCUT2D eigenvalue weighted by Gasteiger charge is 2.30. The maximum absolute atomic E-state index is 11.4. The Hall–Kier alpha value is -0.580. The van der Waals surface area contributed by atoms with Crippen LogP contribution in [-0.4, -0.2) is 25.6 Å². The fourth-order valence-electron chi connectivity index (χ4n) is 0.483. The van der Waals surface area contributed by atoms with Gasteiger partial charge in [0.1, 0.15) is 6.42 Å². The maximum Gasteiger partial charge on any atom is 0.395 e. The average Bonchev–Trinajstić information content (AvgIpc) is 1.59. The number of ketones is 1. The van der Waals surface area contributed by atoms with Crippen molar-refractivity contribution in [2.45, 2.75) is 12.6 Å². The number of likely N-dealkylation sites (N-methyl/N-ethyl adjacent to an activating group) is 1. The maximum atomic E-state index is 11.4. The molecular weight excluding hydrogens is 147 g/mol. The zero-order valence-electron chi connectivity index (χ0n) is 5.46. The number of hydrogen-bond donors (Lipinski definition) is 1. The summed E-state index contributed by atoms with van der Waals surface area (Å²) in [7, 11) is 1.42. The third kappa shape index (κ3) is 5.55. The average molecular weight is 155 g/mol. The molecule has 0 aromatic carbocycles. The summed E-state index contributed by atoms with van der Waals surface area (Å²) in [4.78, 5) is 10.3. The van der Waals surface area contributed by atoms with Gasteiger partial charge in [0.25, 0.3) is 0 Å². The van der Waals surface area contributed by atoms with Crippen LogP contribution in [0.2, 0.25) is 0 Å². The monoisotopic (exact) mass is 155 g/mol. The van der Waals surface area contributed by atoms with Crippen LogP contribution in [0.25, 0.3) is 0 Å². The van der Waals surface area contributed by atoms with Gasteiger partial charge in [-0.1, -0.05) is 0 Å². The third-order valence-electron chi connectivity index (χ3n) is 0.772. The van der Waals surface area contributed by atoms with Crippen molar-refractivity contribution in [3.63, 3.8) is 0 Å². The number of carbonyl (C=O) groups excluding carboxylic acids is 1. The van der Waals surface area contributed by atoms with Gasteiger partial charge >= 0.3 is 6.18 Å². The Kier molecular flexibility index (Phi) is 3.35. The highest BCUT2D eigenvalue weighted by atomic mass is 19.4. The molecule has 0 aliphatic heterocycles. The first-order chi connectivity index (χ1) is 4.45. The SMILES string of the molecule is CNCC(=O)CC(F)(F)F. The van der Waals surface area contributed by atoms with E-state index in [-0.39, 0.29) is 6.54 Å². The molecule has 0 spiro atoms. The Morgan fingerprint density at radius 2 is 2.00 bits per heavy atom. The molecule has 0 saturated heterocycles.